The van der Waals surface area contributed by atoms with Crippen molar-refractivity contribution < 1.29 is 0 Å². The number of anilines is 1. The lowest BCUT2D eigenvalue weighted by Gasteiger charge is -2.08. The third-order valence-corrected chi connectivity index (χ3v) is 5.68. The van der Waals surface area contributed by atoms with E-state index in [0.717, 1.165) is 9.47 Å². The summed E-state index contributed by atoms with van der Waals surface area (Å²) in [4.78, 5) is 1.54. The number of hydrogen-bond donors (Lipinski definition) is 1. The average molecular weight is 316 g/mol. The molecule has 0 bridgehead atoms. The molecule has 1 heterocycles. The van der Waals surface area contributed by atoms with Crippen LogP contribution in [0.1, 0.15) is 61.8 Å². The first kappa shape index (κ1) is 13.4. The van der Waals surface area contributed by atoms with Crippen molar-refractivity contribution in [3.8, 4) is 0 Å². The van der Waals surface area contributed by atoms with Crippen molar-refractivity contribution in [1.29, 1.82) is 0 Å². The predicted octanol–water partition coefficient (Wildman–Crippen LogP) is 5.31. The topological polar surface area (TPSA) is 26.0 Å². The second-order valence-corrected chi connectivity index (χ2v) is 7.44. The fourth-order valence-electron chi connectivity index (χ4n) is 2.62. The second-order valence-electron chi connectivity index (χ2n) is 5.02. The van der Waals surface area contributed by atoms with Gasteiger partial charge in [0.15, 0.2) is 0 Å². The van der Waals surface area contributed by atoms with E-state index < -0.39 is 0 Å². The van der Waals surface area contributed by atoms with Crippen LogP contribution in [0, 0.1) is 0 Å². The Hall–Kier alpha value is -0.0200. The van der Waals surface area contributed by atoms with Crippen molar-refractivity contribution in [1.82, 2.24) is 0 Å². The largest absolute Gasteiger partial charge is 0.397 e. The molecule has 0 aliphatic heterocycles. The van der Waals surface area contributed by atoms with Crippen LogP contribution in [0.5, 0.6) is 0 Å². The van der Waals surface area contributed by atoms with Gasteiger partial charge in [0.2, 0.25) is 0 Å². The number of aryl methyl sites for hydroxylation is 1. The first-order chi connectivity index (χ1) is 8.29. The van der Waals surface area contributed by atoms with Gasteiger partial charge in [0.1, 0.15) is 0 Å². The Morgan fingerprint density at radius 2 is 1.35 bits per heavy atom. The Labute approximate surface area is 117 Å². The fraction of sp³-hybridized carbons (Fsp3) is 0.714. The third kappa shape index (κ3) is 3.72. The molecule has 0 saturated carbocycles. The average Bonchev–Trinajstić information content (AvgIpc) is 2.56. The Kier molecular flexibility index (Phi) is 5.36. The molecule has 96 valence electrons. The number of nitrogen functional groups attached to an aromatic ring is 1. The summed E-state index contributed by atoms with van der Waals surface area (Å²) in [5, 5.41) is 0. The number of nitrogens with two attached hydrogens (primary N) is 1. The molecule has 2 rings (SSSR count). The van der Waals surface area contributed by atoms with Gasteiger partial charge >= 0.3 is 0 Å². The van der Waals surface area contributed by atoms with Crippen molar-refractivity contribution in [2.24, 2.45) is 0 Å². The van der Waals surface area contributed by atoms with E-state index in [2.05, 4.69) is 15.9 Å². The van der Waals surface area contributed by atoms with E-state index in [9.17, 15) is 0 Å². The number of rotatable bonds is 0. The molecule has 0 amide bonds. The molecular weight excluding hydrogens is 294 g/mol. The quantitative estimate of drug-likeness (QED) is 0.689. The summed E-state index contributed by atoms with van der Waals surface area (Å²) in [6.07, 6.45) is 13.5. The smallest absolute Gasteiger partial charge is 0.0933 e. The van der Waals surface area contributed by atoms with Gasteiger partial charge in [0.25, 0.3) is 0 Å². The van der Waals surface area contributed by atoms with E-state index >= 15 is 0 Å². The van der Waals surface area contributed by atoms with Gasteiger partial charge in [0.05, 0.1) is 9.47 Å². The van der Waals surface area contributed by atoms with Gasteiger partial charge in [-0.15, -0.1) is 11.3 Å². The Balaban J connectivity index is 2.08. The van der Waals surface area contributed by atoms with Crippen LogP contribution in [0.4, 0.5) is 5.69 Å². The van der Waals surface area contributed by atoms with Crippen molar-refractivity contribution >= 4 is 33.0 Å². The number of hydrogen-bond acceptors (Lipinski definition) is 2. The lowest BCUT2D eigenvalue weighted by molar-refractivity contribution is 0.561. The van der Waals surface area contributed by atoms with Gasteiger partial charge in [-0.1, -0.05) is 38.5 Å². The van der Waals surface area contributed by atoms with Gasteiger partial charge in [-0.05, 0) is 47.2 Å². The molecule has 17 heavy (non-hydrogen) atoms. The van der Waals surface area contributed by atoms with Gasteiger partial charge in [0, 0.05) is 4.88 Å². The Morgan fingerprint density at radius 3 is 2.00 bits per heavy atom. The highest BCUT2D eigenvalue weighted by Gasteiger charge is 2.14. The van der Waals surface area contributed by atoms with Gasteiger partial charge in [-0.25, -0.2) is 0 Å². The molecule has 2 N–H and O–H groups in total. The van der Waals surface area contributed by atoms with Gasteiger partial charge in [-0.3, -0.25) is 0 Å². The van der Waals surface area contributed by atoms with E-state index in [0.29, 0.717) is 0 Å². The predicted molar refractivity (Wildman–Crippen MR) is 80.8 cm³/mol. The maximum Gasteiger partial charge on any atom is 0.0933 e. The molecule has 0 radical (unpaired) electrons. The summed E-state index contributed by atoms with van der Waals surface area (Å²) < 4.78 is 1.15. The van der Waals surface area contributed by atoms with Crippen molar-refractivity contribution in [3.05, 3.63) is 14.2 Å². The molecule has 0 saturated heterocycles. The molecule has 0 spiro atoms. The zero-order chi connectivity index (χ0) is 12.1. The van der Waals surface area contributed by atoms with Gasteiger partial charge in [-0.2, -0.15) is 0 Å². The van der Waals surface area contributed by atoms with Crippen LogP contribution in [0.2, 0.25) is 0 Å². The SMILES string of the molecule is Nc1c(Br)sc2c1CCCCCCCCCC2. The lowest BCUT2D eigenvalue weighted by atomic mass is 10.00. The zero-order valence-corrected chi connectivity index (χ0v) is 12.8. The van der Waals surface area contributed by atoms with E-state index in [1.54, 1.807) is 0 Å². The van der Waals surface area contributed by atoms with Crippen LogP contribution in [-0.4, -0.2) is 0 Å². The first-order valence-corrected chi connectivity index (χ1v) is 8.45. The minimum atomic E-state index is 1.02. The number of thiophene rings is 1. The van der Waals surface area contributed by atoms with Crippen molar-refractivity contribution in [2.75, 3.05) is 5.73 Å². The summed E-state index contributed by atoms with van der Waals surface area (Å²) in [6.45, 7) is 0. The zero-order valence-electron chi connectivity index (χ0n) is 10.4. The standard InChI is InChI=1S/C14H22BrNS/c15-14-13(16)11-9-7-5-3-1-2-4-6-8-10-12(11)17-14/h1-10,16H2. The van der Waals surface area contributed by atoms with Crippen LogP contribution in [0.15, 0.2) is 3.79 Å². The maximum atomic E-state index is 6.17. The Morgan fingerprint density at radius 1 is 0.824 bits per heavy atom. The number of fused-ring (bicyclic) bond motifs is 1. The van der Waals surface area contributed by atoms with Crippen LogP contribution < -0.4 is 5.73 Å². The Bertz CT molecular complexity index is 359. The molecule has 0 aromatic carbocycles. The van der Waals surface area contributed by atoms with E-state index in [1.807, 2.05) is 11.3 Å². The summed E-state index contributed by atoms with van der Waals surface area (Å²) in [7, 11) is 0. The van der Waals surface area contributed by atoms with Gasteiger partial charge < -0.3 is 5.73 Å². The second kappa shape index (κ2) is 6.79. The molecule has 0 fully saturated rings. The first-order valence-electron chi connectivity index (χ1n) is 6.84. The molecule has 1 nitrogen and oxygen atoms in total. The summed E-state index contributed by atoms with van der Waals surface area (Å²) >= 11 is 5.45. The monoisotopic (exact) mass is 315 g/mol. The summed E-state index contributed by atoms with van der Waals surface area (Å²) in [6, 6.07) is 0. The number of halogens is 1. The van der Waals surface area contributed by atoms with Crippen LogP contribution in [-0.2, 0) is 12.8 Å². The van der Waals surface area contributed by atoms with E-state index in [-0.39, 0.29) is 0 Å². The minimum absolute atomic E-state index is 1.02. The van der Waals surface area contributed by atoms with Crippen LogP contribution >= 0.6 is 27.3 Å². The summed E-state index contributed by atoms with van der Waals surface area (Å²) in [5.41, 5.74) is 8.63. The van der Waals surface area contributed by atoms with Crippen LogP contribution in [0.3, 0.4) is 0 Å². The molecule has 0 atom stereocenters. The molecule has 0 unspecified atom stereocenters. The minimum Gasteiger partial charge on any atom is -0.397 e. The van der Waals surface area contributed by atoms with Crippen LogP contribution in [0.25, 0.3) is 0 Å². The summed E-state index contributed by atoms with van der Waals surface area (Å²) in [5.74, 6) is 0. The molecule has 1 aliphatic rings. The maximum absolute atomic E-state index is 6.17. The highest BCUT2D eigenvalue weighted by atomic mass is 79.9. The molecule has 1 aliphatic carbocycles. The molecule has 1 aromatic heterocycles. The van der Waals surface area contributed by atoms with E-state index in [4.69, 9.17) is 5.73 Å². The highest BCUT2D eigenvalue weighted by Crippen LogP contribution is 2.37. The normalized spacial score (nSPS) is 19.1. The molecule has 1 aromatic rings. The van der Waals surface area contributed by atoms with Crippen molar-refractivity contribution in [3.63, 3.8) is 0 Å². The fourth-order valence-corrected chi connectivity index (χ4v) is 4.47. The molecule has 3 heteroatoms. The van der Waals surface area contributed by atoms with Crippen molar-refractivity contribution in [2.45, 2.75) is 64.2 Å². The highest BCUT2D eigenvalue weighted by molar-refractivity contribution is 9.11. The molecular formula is C14H22BrNS. The van der Waals surface area contributed by atoms with E-state index in [1.165, 1.54) is 74.6 Å². The third-order valence-electron chi connectivity index (χ3n) is 3.67. The lowest BCUT2D eigenvalue weighted by Crippen LogP contribution is -1.96.